The Morgan fingerprint density at radius 3 is 0.652 bits per heavy atom. The van der Waals surface area contributed by atoms with E-state index in [1.165, 1.54) is 0 Å². The van der Waals surface area contributed by atoms with Gasteiger partial charge in [0.2, 0.25) is 0 Å². The Bertz CT molecular complexity index is 1460. The van der Waals surface area contributed by atoms with Gasteiger partial charge in [0.05, 0.1) is 0 Å². The molecule has 4 nitrogen and oxygen atoms in total. The van der Waals surface area contributed by atoms with E-state index >= 15 is 0 Å². The van der Waals surface area contributed by atoms with Gasteiger partial charge in [0.15, 0.2) is 0 Å². The second kappa shape index (κ2) is 12.0. The first-order valence-electron chi connectivity index (χ1n) is 16.4. The average Bonchev–Trinajstić information content (AvgIpc) is 2.91. The number of para-hydroxylation sites is 4. The number of benzene rings is 4. The highest BCUT2D eigenvalue weighted by atomic mass is 16.3. The van der Waals surface area contributed by atoms with Gasteiger partial charge >= 0.3 is 0 Å². The van der Waals surface area contributed by atoms with E-state index in [-0.39, 0.29) is 44.7 Å². The van der Waals surface area contributed by atoms with E-state index in [0.717, 1.165) is 22.3 Å². The Hall–Kier alpha value is -3.92. The molecule has 0 aliphatic carbocycles. The maximum absolute atomic E-state index is 12.1. The maximum Gasteiger partial charge on any atom is 0.123 e. The van der Waals surface area contributed by atoms with Crippen molar-refractivity contribution in [2.45, 2.75) is 117 Å². The van der Waals surface area contributed by atoms with Gasteiger partial charge in [-0.25, -0.2) is 0 Å². The molecule has 4 aromatic rings. The molecule has 246 valence electrons. The molecule has 4 N–H and O–H groups in total. The molecular formula is C42H54O4. The molecule has 0 heterocycles. The molecule has 0 aliphatic rings. The van der Waals surface area contributed by atoms with Crippen LogP contribution in [0.4, 0.5) is 0 Å². The number of rotatable bonds is 5. The zero-order valence-corrected chi connectivity index (χ0v) is 29.9. The predicted octanol–water partition coefficient (Wildman–Crippen LogP) is 10.7. The van der Waals surface area contributed by atoms with E-state index < -0.39 is 11.8 Å². The van der Waals surface area contributed by atoms with Crippen molar-refractivity contribution in [2.24, 2.45) is 0 Å². The first-order chi connectivity index (χ1) is 21.1. The molecule has 46 heavy (non-hydrogen) atoms. The van der Waals surface area contributed by atoms with Gasteiger partial charge < -0.3 is 20.4 Å². The van der Waals surface area contributed by atoms with Crippen LogP contribution < -0.4 is 0 Å². The van der Waals surface area contributed by atoms with Crippen LogP contribution in [0.5, 0.6) is 23.0 Å². The largest absolute Gasteiger partial charge is 0.507 e. The number of hydrogen-bond acceptors (Lipinski definition) is 4. The fourth-order valence-electron chi connectivity index (χ4n) is 6.72. The van der Waals surface area contributed by atoms with Crippen LogP contribution in [0.1, 0.15) is 139 Å². The molecule has 0 spiro atoms. The van der Waals surface area contributed by atoms with Crippen molar-refractivity contribution in [3.8, 4) is 23.0 Å². The molecule has 0 unspecified atom stereocenters. The number of hydrogen-bond donors (Lipinski definition) is 4. The summed E-state index contributed by atoms with van der Waals surface area (Å²) in [6.07, 6.45) is 0. The van der Waals surface area contributed by atoms with Gasteiger partial charge in [-0.3, -0.25) is 0 Å². The topological polar surface area (TPSA) is 80.9 Å². The molecule has 0 aliphatic heterocycles. The van der Waals surface area contributed by atoms with Gasteiger partial charge in [-0.1, -0.05) is 156 Å². The molecule has 0 atom stereocenters. The van der Waals surface area contributed by atoms with Gasteiger partial charge in [-0.15, -0.1) is 0 Å². The third-order valence-corrected chi connectivity index (χ3v) is 9.17. The van der Waals surface area contributed by atoms with Crippen molar-refractivity contribution in [1.82, 2.24) is 0 Å². The zero-order chi connectivity index (χ0) is 34.6. The molecule has 0 fully saturated rings. The summed E-state index contributed by atoms with van der Waals surface area (Å²) < 4.78 is 0. The summed E-state index contributed by atoms with van der Waals surface area (Å²) in [5, 5.41) is 48.5. The quantitative estimate of drug-likeness (QED) is 0.178. The first kappa shape index (κ1) is 34.9. The molecule has 4 heteroatoms. The smallest absolute Gasteiger partial charge is 0.123 e. The van der Waals surface area contributed by atoms with Crippen LogP contribution >= 0.6 is 0 Å². The van der Waals surface area contributed by atoms with Crippen molar-refractivity contribution in [1.29, 1.82) is 0 Å². The van der Waals surface area contributed by atoms with Gasteiger partial charge in [-0.05, 0) is 43.9 Å². The van der Waals surface area contributed by atoms with E-state index in [2.05, 4.69) is 83.1 Å². The van der Waals surface area contributed by atoms with Crippen LogP contribution in [0.3, 0.4) is 0 Å². The van der Waals surface area contributed by atoms with Crippen molar-refractivity contribution in [2.75, 3.05) is 0 Å². The number of phenols is 4. The van der Waals surface area contributed by atoms with Gasteiger partial charge in [0, 0.05) is 34.1 Å². The minimum atomic E-state index is -0.688. The van der Waals surface area contributed by atoms with Crippen molar-refractivity contribution in [3.63, 3.8) is 0 Å². The average molecular weight is 623 g/mol. The molecular weight excluding hydrogens is 568 g/mol. The lowest BCUT2D eigenvalue weighted by molar-refractivity contribution is 0.408. The third-order valence-electron chi connectivity index (χ3n) is 9.17. The summed E-state index contributed by atoms with van der Waals surface area (Å²) in [5.41, 5.74) is 4.10. The highest BCUT2D eigenvalue weighted by Crippen LogP contribution is 2.55. The Morgan fingerprint density at radius 2 is 0.500 bits per heavy atom. The lowest BCUT2D eigenvalue weighted by Gasteiger charge is -2.35. The van der Waals surface area contributed by atoms with E-state index in [0.29, 0.717) is 22.3 Å². The van der Waals surface area contributed by atoms with Gasteiger partial charge in [0.25, 0.3) is 0 Å². The molecule has 0 radical (unpaired) electrons. The van der Waals surface area contributed by atoms with Crippen LogP contribution in [-0.2, 0) is 21.7 Å². The van der Waals surface area contributed by atoms with Crippen LogP contribution in [0.15, 0.2) is 72.8 Å². The Morgan fingerprint density at radius 1 is 0.326 bits per heavy atom. The molecule has 4 aromatic carbocycles. The standard InChI is InChI=1S/C42H54O4/c1-39(2,3)29-21-13-17-25(35(29)43)33(26-18-14-22-30(36(26)44)40(4,5)6)34(27-19-15-23-31(37(27)45)41(7,8)9)28-20-16-24-32(38(28)46)42(10,11)12/h13-24,33-34,43-46H,1-12H3. The van der Waals surface area contributed by atoms with Crippen molar-refractivity contribution in [3.05, 3.63) is 117 Å². The van der Waals surface area contributed by atoms with E-state index in [1.54, 1.807) is 0 Å². The second-order valence-corrected chi connectivity index (χ2v) is 16.9. The first-order valence-corrected chi connectivity index (χ1v) is 16.4. The summed E-state index contributed by atoms with van der Waals surface area (Å²) in [7, 11) is 0. The highest BCUT2D eigenvalue weighted by Gasteiger charge is 2.39. The minimum Gasteiger partial charge on any atom is -0.507 e. The molecule has 0 aromatic heterocycles. The summed E-state index contributed by atoms with van der Waals surface area (Å²) in [4.78, 5) is 0. The fraction of sp³-hybridized carbons (Fsp3) is 0.429. The van der Waals surface area contributed by atoms with Crippen molar-refractivity contribution < 1.29 is 20.4 Å². The van der Waals surface area contributed by atoms with Crippen LogP contribution in [-0.4, -0.2) is 20.4 Å². The Balaban J connectivity index is 2.26. The van der Waals surface area contributed by atoms with Crippen LogP contribution in [0.25, 0.3) is 0 Å². The number of aromatic hydroxyl groups is 4. The Kier molecular flexibility index (Phi) is 9.13. The minimum absolute atomic E-state index is 0.142. The van der Waals surface area contributed by atoms with Crippen LogP contribution in [0, 0.1) is 0 Å². The monoisotopic (exact) mass is 622 g/mol. The lowest BCUT2D eigenvalue weighted by Crippen LogP contribution is -2.21. The normalized spacial score (nSPS) is 13.1. The van der Waals surface area contributed by atoms with Crippen molar-refractivity contribution >= 4 is 0 Å². The van der Waals surface area contributed by atoms with E-state index in [4.69, 9.17) is 0 Å². The predicted molar refractivity (Wildman–Crippen MR) is 191 cm³/mol. The summed E-state index contributed by atoms with van der Waals surface area (Å²) in [6, 6.07) is 23.1. The summed E-state index contributed by atoms with van der Waals surface area (Å²) in [6.45, 7) is 24.8. The zero-order valence-electron chi connectivity index (χ0n) is 29.9. The summed E-state index contributed by atoms with van der Waals surface area (Å²) >= 11 is 0. The molecule has 0 bridgehead atoms. The third kappa shape index (κ3) is 6.63. The molecule has 0 saturated heterocycles. The fourth-order valence-corrected chi connectivity index (χ4v) is 6.72. The SMILES string of the molecule is CC(C)(C)c1cccc(C(c2cccc(C(C)(C)C)c2O)C(c2cccc(C(C)(C)C)c2O)c2cccc(C(C)(C)C)c2O)c1O. The second-order valence-electron chi connectivity index (χ2n) is 16.9. The highest BCUT2D eigenvalue weighted by molar-refractivity contribution is 5.62. The number of phenolic OH excluding ortho intramolecular Hbond substituents is 4. The van der Waals surface area contributed by atoms with Crippen LogP contribution in [0.2, 0.25) is 0 Å². The van der Waals surface area contributed by atoms with E-state index in [1.807, 2.05) is 72.8 Å². The molecule has 0 amide bonds. The Labute approximate surface area is 276 Å². The summed E-state index contributed by atoms with van der Waals surface area (Å²) in [5.74, 6) is -0.808. The lowest BCUT2D eigenvalue weighted by atomic mass is 9.69. The van der Waals surface area contributed by atoms with E-state index in [9.17, 15) is 20.4 Å². The molecule has 0 saturated carbocycles. The van der Waals surface area contributed by atoms with Gasteiger partial charge in [0.1, 0.15) is 23.0 Å². The van der Waals surface area contributed by atoms with Gasteiger partial charge in [-0.2, -0.15) is 0 Å². The maximum atomic E-state index is 12.1. The molecule has 4 rings (SSSR count).